The first kappa shape index (κ1) is 15.9. The quantitative estimate of drug-likeness (QED) is 0.787. The maximum absolute atomic E-state index is 11.8. The van der Waals surface area contributed by atoms with E-state index in [1.54, 1.807) is 13.0 Å². The van der Waals surface area contributed by atoms with Crippen molar-refractivity contribution < 1.29 is 4.79 Å². The van der Waals surface area contributed by atoms with Crippen LogP contribution in [-0.4, -0.2) is 22.4 Å². The van der Waals surface area contributed by atoms with Crippen LogP contribution in [0.4, 0.5) is 5.95 Å². The number of rotatable bonds is 6. The minimum atomic E-state index is -0.105. The Kier molecular flexibility index (Phi) is 5.69. The number of amides is 1. The standard InChI is InChI=1S/C13H21ClN4O/c1-9-8-10(14)17-12(16-9)18-11(19)4-5-13(2,3)6-7-15/h8H,4-7,15H2,1-3H3,(H,16,17,18,19). The fourth-order valence-electron chi connectivity index (χ4n) is 1.74. The number of aryl methyl sites for hydroxylation is 1. The van der Waals surface area contributed by atoms with Gasteiger partial charge >= 0.3 is 0 Å². The lowest BCUT2D eigenvalue weighted by molar-refractivity contribution is -0.116. The number of carbonyl (C=O) groups excluding carboxylic acids is 1. The molecule has 1 aromatic heterocycles. The molecule has 1 heterocycles. The molecule has 0 unspecified atom stereocenters. The van der Waals surface area contributed by atoms with Crippen LogP contribution in [-0.2, 0) is 4.79 Å². The van der Waals surface area contributed by atoms with E-state index in [0.717, 1.165) is 18.5 Å². The predicted molar refractivity (Wildman–Crippen MR) is 77.1 cm³/mol. The van der Waals surface area contributed by atoms with Crippen LogP contribution in [0.3, 0.4) is 0 Å². The number of nitrogens with zero attached hydrogens (tertiary/aromatic N) is 2. The molecule has 0 aliphatic heterocycles. The Morgan fingerprint density at radius 2 is 2.11 bits per heavy atom. The summed E-state index contributed by atoms with van der Waals surface area (Å²) in [5.41, 5.74) is 6.33. The smallest absolute Gasteiger partial charge is 0.231 e. The van der Waals surface area contributed by atoms with Gasteiger partial charge in [0.2, 0.25) is 11.9 Å². The summed E-state index contributed by atoms with van der Waals surface area (Å²) in [5.74, 6) is 0.151. The van der Waals surface area contributed by atoms with Gasteiger partial charge < -0.3 is 5.73 Å². The lowest BCUT2D eigenvalue weighted by atomic mass is 9.84. The summed E-state index contributed by atoms with van der Waals surface area (Å²) >= 11 is 5.81. The molecule has 0 saturated carbocycles. The zero-order valence-electron chi connectivity index (χ0n) is 11.7. The number of hydrogen-bond acceptors (Lipinski definition) is 4. The SMILES string of the molecule is Cc1cc(Cl)nc(NC(=O)CCC(C)(C)CCN)n1. The third-order valence-electron chi connectivity index (χ3n) is 2.92. The molecular weight excluding hydrogens is 264 g/mol. The number of nitrogens with one attached hydrogen (secondary N) is 1. The van der Waals surface area contributed by atoms with E-state index >= 15 is 0 Å². The number of nitrogens with two attached hydrogens (primary N) is 1. The highest BCUT2D eigenvalue weighted by Gasteiger charge is 2.18. The molecule has 3 N–H and O–H groups in total. The van der Waals surface area contributed by atoms with Crippen molar-refractivity contribution in [3.8, 4) is 0 Å². The maximum atomic E-state index is 11.8. The Morgan fingerprint density at radius 1 is 1.42 bits per heavy atom. The molecule has 106 valence electrons. The number of aromatic nitrogens is 2. The summed E-state index contributed by atoms with van der Waals surface area (Å²) in [7, 11) is 0. The normalized spacial score (nSPS) is 11.4. The first-order chi connectivity index (χ1) is 8.82. The summed E-state index contributed by atoms with van der Waals surface area (Å²) in [6.45, 7) is 6.64. The molecule has 0 radical (unpaired) electrons. The molecule has 0 fully saturated rings. The van der Waals surface area contributed by atoms with Gasteiger partial charge in [-0.3, -0.25) is 10.1 Å². The first-order valence-corrected chi connectivity index (χ1v) is 6.71. The van der Waals surface area contributed by atoms with Crippen LogP contribution in [0.15, 0.2) is 6.07 Å². The van der Waals surface area contributed by atoms with E-state index in [1.165, 1.54) is 0 Å². The average molecular weight is 285 g/mol. The Labute approximate surface area is 119 Å². The van der Waals surface area contributed by atoms with E-state index in [4.69, 9.17) is 17.3 Å². The summed E-state index contributed by atoms with van der Waals surface area (Å²) in [5, 5.41) is 2.99. The van der Waals surface area contributed by atoms with Gasteiger partial charge in [-0.2, -0.15) is 0 Å². The van der Waals surface area contributed by atoms with Gasteiger partial charge in [-0.15, -0.1) is 0 Å². The van der Waals surface area contributed by atoms with Crippen LogP contribution in [0.25, 0.3) is 0 Å². The Morgan fingerprint density at radius 3 is 2.68 bits per heavy atom. The second-order valence-electron chi connectivity index (χ2n) is 5.41. The molecule has 1 rings (SSSR count). The van der Waals surface area contributed by atoms with Crippen molar-refractivity contribution in [3.05, 3.63) is 16.9 Å². The molecule has 5 nitrogen and oxygen atoms in total. The van der Waals surface area contributed by atoms with Crippen molar-refractivity contribution >= 4 is 23.5 Å². The number of anilines is 1. The van der Waals surface area contributed by atoms with E-state index in [9.17, 15) is 4.79 Å². The number of halogens is 1. The highest BCUT2D eigenvalue weighted by Crippen LogP contribution is 2.25. The topological polar surface area (TPSA) is 80.9 Å². The van der Waals surface area contributed by atoms with Crippen LogP contribution in [0.5, 0.6) is 0 Å². The van der Waals surface area contributed by atoms with Crippen LogP contribution < -0.4 is 11.1 Å². The second-order valence-corrected chi connectivity index (χ2v) is 5.79. The molecule has 0 aliphatic carbocycles. The zero-order valence-corrected chi connectivity index (χ0v) is 12.4. The maximum Gasteiger partial charge on any atom is 0.231 e. The largest absolute Gasteiger partial charge is 0.330 e. The monoisotopic (exact) mass is 284 g/mol. The van der Waals surface area contributed by atoms with Gasteiger partial charge in [0.1, 0.15) is 5.15 Å². The van der Waals surface area contributed by atoms with Crippen LogP contribution in [0, 0.1) is 12.3 Å². The minimum absolute atomic E-state index is 0.0667. The number of carbonyl (C=O) groups is 1. The average Bonchev–Trinajstić information content (AvgIpc) is 2.25. The van der Waals surface area contributed by atoms with Gasteiger partial charge in [0.05, 0.1) is 0 Å². The third kappa shape index (κ3) is 5.98. The predicted octanol–water partition coefficient (Wildman–Crippen LogP) is 2.53. The fourth-order valence-corrected chi connectivity index (χ4v) is 1.98. The summed E-state index contributed by atoms with van der Waals surface area (Å²) < 4.78 is 0. The highest BCUT2D eigenvalue weighted by molar-refractivity contribution is 6.29. The van der Waals surface area contributed by atoms with Crippen molar-refractivity contribution in [2.45, 2.75) is 40.0 Å². The van der Waals surface area contributed by atoms with Crippen molar-refractivity contribution in [3.63, 3.8) is 0 Å². The molecular formula is C13H21ClN4O. The van der Waals surface area contributed by atoms with Crippen molar-refractivity contribution in [1.82, 2.24) is 9.97 Å². The van der Waals surface area contributed by atoms with Gasteiger partial charge in [-0.25, -0.2) is 9.97 Å². The van der Waals surface area contributed by atoms with E-state index < -0.39 is 0 Å². The Bertz CT molecular complexity index is 428. The molecule has 0 atom stereocenters. The molecule has 0 spiro atoms. The van der Waals surface area contributed by atoms with E-state index in [0.29, 0.717) is 18.1 Å². The van der Waals surface area contributed by atoms with Crippen LogP contribution >= 0.6 is 11.6 Å². The zero-order chi connectivity index (χ0) is 14.5. The van der Waals surface area contributed by atoms with Gasteiger partial charge in [0.25, 0.3) is 0 Å². The lowest BCUT2D eigenvalue weighted by Crippen LogP contribution is -2.21. The van der Waals surface area contributed by atoms with Crippen LogP contribution in [0.1, 0.15) is 38.8 Å². The van der Waals surface area contributed by atoms with E-state index in [-0.39, 0.29) is 17.3 Å². The molecule has 0 saturated heterocycles. The Hall–Kier alpha value is -1.20. The van der Waals surface area contributed by atoms with Gasteiger partial charge in [-0.1, -0.05) is 25.4 Å². The first-order valence-electron chi connectivity index (χ1n) is 6.33. The summed E-state index contributed by atoms with van der Waals surface area (Å²) in [6, 6.07) is 1.64. The molecule has 0 aliphatic rings. The fraction of sp³-hybridized carbons (Fsp3) is 0.615. The highest BCUT2D eigenvalue weighted by atomic mass is 35.5. The molecule has 0 bridgehead atoms. The summed E-state index contributed by atoms with van der Waals surface area (Å²) in [6.07, 6.45) is 2.09. The lowest BCUT2D eigenvalue weighted by Gasteiger charge is -2.23. The van der Waals surface area contributed by atoms with Crippen LogP contribution in [0.2, 0.25) is 5.15 Å². The van der Waals surface area contributed by atoms with Crippen molar-refractivity contribution in [2.75, 3.05) is 11.9 Å². The molecule has 0 aromatic carbocycles. The molecule has 1 aromatic rings. The molecule has 6 heteroatoms. The van der Waals surface area contributed by atoms with Gasteiger partial charge in [0.15, 0.2) is 0 Å². The summed E-state index contributed by atoms with van der Waals surface area (Å²) in [4.78, 5) is 19.9. The van der Waals surface area contributed by atoms with Gasteiger partial charge in [-0.05, 0) is 37.8 Å². The van der Waals surface area contributed by atoms with Crippen molar-refractivity contribution in [2.24, 2.45) is 11.1 Å². The van der Waals surface area contributed by atoms with Gasteiger partial charge in [0, 0.05) is 12.1 Å². The van der Waals surface area contributed by atoms with E-state index in [2.05, 4.69) is 29.1 Å². The van der Waals surface area contributed by atoms with Crippen molar-refractivity contribution in [1.29, 1.82) is 0 Å². The molecule has 19 heavy (non-hydrogen) atoms. The Balaban J connectivity index is 2.51. The third-order valence-corrected chi connectivity index (χ3v) is 3.12. The number of hydrogen-bond donors (Lipinski definition) is 2. The second kappa shape index (κ2) is 6.82. The molecule has 1 amide bonds. The van der Waals surface area contributed by atoms with E-state index in [1.807, 2.05) is 0 Å². The minimum Gasteiger partial charge on any atom is -0.330 e.